The molecule has 0 aliphatic carbocycles. The van der Waals surface area contributed by atoms with E-state index in [9.17, 15) is 19.4 Å². The largest absolute Gasteiger partial charge is 0.756 e. The average molecular weight is 859 g/mol. The Morgan fingerprint density at radius 2 is 0.831 bits per heavy atom. The van der Waals surface area contributed by atoms with Gasteiger partial charge in [-0.1, -0.05) is 245 Å². The molecule has 0 aromatic heterocycles. The fourth-order valence-electron chi connectivity index (χ4n) is 7.98. The van der Waals surface area contributed by atoms with Crippen molar-refractivity contribution in [2.75, 3.05) is 40.9 Å². The number of phosphoric acid groups is 1. The summed E-state index contributed by atoms with van der Waals surface area (Å²) >= 11 is 0. The van der Waals surface area contributed by atoms with Crippen LogP contribution in [0.4, 0.5) is 0 Å². The van der Waals surface area contributed by atoms with Gasteiger partial charge < -0.3 is 28.8 Å². The number of quaternary nitrogens is 1. The lowest BCUT2D eigenvalue weighted by molar-refractivity contribution is -0.870. The number of nitrogens with one attached hydrogen (secondary N) is 1. The molecule has 0 aromatic rings. The van der Waals surface area contributed by atoms with Crippen LogP contribution in [0, 0.1) is 0 Å². The van der Waals surface area contributed by atoms with Gasteiger partial charge in [-0.25, -0.2) is 0 Å². The van der Waals surface area contributed by atoms with Gasteiger partial charge in [0.1, 0.15) is 13.2 Å². The molecule has 0 bridgehead atoms. The Hall–Kier alpha value is -0.500. The third kappa shape index (κ3) is 45.3. The Labute approximate surface area is 368 Å². The highest BCUT2D eigenvalue weighted by Gasteiger charge is 2.24. The normalized spacial score (nSPS) is 14.1. The van der Waals surface area contributed by atoms with Crippen LogP contribution in [0.15, 0.2) is 0 Å². The highest BCUT2D eigenvalue weighted by Crippen LogP contribution is 2.38. The molecule has 354 valence electrons. The summed E-state index contributed by atoms with van der Waals surface area (Å²) in [5, 5.41) is 13.7. The zero-order valence-electron chi connectivity index (χ0n) is 40.2. The van der Waals surface area contributed by atoms with E-state index in [0.29, 0.717) is 23.9 Å². The van der Waals surface area contributed by atoms with Crippen LogP contribution in [0.2, 0.25) is 0 Å². The SMILES string of the molecule is CCCCCCCCCCCCCCCCCCCCCCCCCCCCCCCCCCC(=O)NC(COP(=O)([O-])OCC[N+](C)(C)C)C(O)CCCCCCC. The van der Waals surface area contributed by atoms with E-state index < -0.39 is 20.0 Å². The van der Waals surface area contributed by atoms with Crippen molar-refractivity contribution >= 4 is 13.7 Å². The Bertz CT molecular complexity index is 932. The van der Waals surface area contributed by atoms with Crippen molar-refractivity contribution in [1.29, 1.82) is 0 Å². The van der Waals surface area contributed by atoms with Crippen molar-refractivity contribution in [1.82, 2.24) is 5.32 Å². The van der Waals surface area contributed by atoms with Crippen molar-refractivity contribution in [2.45, 2.75) is 276 Å². The van der Waals surface area contributed by atoms with Crippen molar-refractivity contribution in [3.63, 3.8) is 0 Å². The first kappa shape index (κ1) is 58.5. The van der Waals surface area contributed by atoms with Gasteiger partial charge in [-0.05, 0) is 12.8 Å². The zero-order chi connectivity index (χ0) is 43.6. The standard InChI is InChI=1S/C50H103N2O6P/c1-6-8-10-12-13-14-15-16-17-18-19-20-21-22-23-24-25-26-27-28-29-30-31-32-33-34-35-36-37-38-40-42-44-50(54)51-48(49(53)43-41-39-11-9-7-2)47-58-59(55,56)57-46-45-52(3,4)5/h48-49,53H,6-47H2,1-5H3,(H-,51,54,55,56). The monoisotopic (exact) mass is 859 g/mol. The molecule has 0 rings (SSSR count). The number of aliphatic hydroxyl groups is 1. The second-order valence-corrected chi connectivity index (χ2v) is 20.7. The van der Waals surface area contributed by atoms with Crippen LogP contribution in [0.25, 0.3) is 0 Å². The summed E-state index contributed by atoms with van der Waals surface area (Å²) < 4.78 is 23.1. The van der Waals surface area contributed by atoms with Gasteiger partial charge in [-0.15, -0.1) is 0 Å². The molecular weight excluding hydrogens is 756 g/mol. The van der Waals surface area contributed by atoms with Crippen molar-refractivity contribution < 1.29 is 32.9 Å². The number of hydrogen-bond donors (Lipinski definition) is 2. The maximum atomic E-state index is 12.8. The predicted molar refractivity (Wildman–Crippen MR) is 252 cm³/mol. The topological polar surface area (TPSA) is 108 Å². The molecule has 0 heterocycles. The molecular formula is C50H103N2O6P. The number of carbonyl (C=O) groups is 1. The minimum atomic E-state index is -4.54. The molecule has 0 aromatic carbocycles. The van der Waals surface area contributed by atoms with E-state index in [1.807, 2.05) is 21.1 Å². The lowest BCUT2D eigenvalue weighted by Gasteiger charge is -2.30. The second-order valence-electron chi connectivity index (χ2n) is 19.2. The Kier molecular flexibility index (Phi) is 42.4. The smallest absolute Gasteiger partial charge is 0.268 e. The molecule has 2 N–H and O–H groups in total. The van der Waals surface area contributed by atoms with E-state index in [1.165, 1.54) is 186 Å². The summed E-state index contributed by atoms with van der Waals surface area (Å²) in [4.78, 5) is 25.2. The second kappa shape index (κ2) is 42.8. The number of likely N-dealkylation sites (N-methyl/N-ethyl adjacent to an activating group) is 1. The minimum Gasteiger partial charge on any atom is -0.756 e. The molecule has 59 heavy (non-hydrogen) atoms. The summed E-state index contributed by atoms with van der Waals surface area (Å²) in [7, 11) is 1.31. The van der Waals surface area contributed by atoms with Crippen LogP contribution in [-0.4, -0.2) is 68.5 Å². The Balaban J connectivity index is 3.73. The number of aliphatic hydroxyl groups excluding tert-OH is 1. The lowest BCUT2D eigenvalue weighted by atomic mass is 10.0. The molecule has 3 unspecified atom stereocenters. The minimum absolute atomic E-state index is 0.0149. The van der Waals surface area contributed by atoms with Crippen LogP contribution in [0.1, 0.15) is 264 Å². The maximum Gasteiger partial charge on any atom is 0.268 e. The van der Waals surface area contributed by atoms with E-state index in [0.717, 1.165) is 51.4 Å². The van der Waals surface area contributed by atoms with Gasteiger partial charge in [0.15, 0.2) is 0 Å². The van der Waals surface area contributed by atoms with Gasteiger partial charge >= 0.3 is 0 Å². The number of hydrogen-bond acceptors (Lipinski definition) is 6. The number of rotatable bonds is 48. The van der Waals surface area contributed by atoms with Crippen molar-refractivity contribution in [3.8, 4) is 0 Å². The van der Waals surface area contributed by atoms with Gasteiger partial charge in [0.05, 0.1) is 39.9 Å². The van der Waals surface area contributed by atoms with E-state index in [1.54, 1.807) is 0 Å². The quantitative estimate of drug-likeness (QED) is 0.0358. The van der Waals surface area contributed by atoms with E-state index in [2.05, 4.69) is 19.2 Å². The maximum absolute atomic E-state index is 12.8. The first-order valence-electron chi connectivity index (χ1n) is 25.9. The number of phosphoric ester groups is 1. The molecule has 8 nitrogen and oxygen atoms in total. The van der Waals surface area contributed by atoms with Gasteiger partial charge in [-0.2, -0.15) is 0 Å². The molecule has 0 aliphatic heterocycles. The summed E-state index contributed by atoms with van der Waals surface area (Å²) in [6.45, 7) is 4.66. The van der Waals surface area contributed by atoms with Gasteiger partial charge in [0, 0.05) is 6.42 Å². The summed E-state index contributed by atoms with van der Waals surface area (Å²) in [5.41, 5.74) is 0. The highest BCUT2D eigenvalue weighted by atomic mass is 31.2. The molecule has 0 aliphatic rings. The number of carbonyl (C=O) groups excluding carboxylic acids is 1. The molecule has 9 heteroatoms. The van der Waals surface area contributed by atoms with Crippen LogP contribution < -0.4 is 10.2 Å². The molecule has 1 amide bonds. The Morgan fingerprint density at radius 3 is 1.15 bits per heavy atom. The summed E-state index contributed by atoms with van der Waals surface area (Å²) in [6, 6.07) is -0.790. The fourth-order valence-corrected chi connectivity index (χ4v) is 8.71. The van der Waals surface area contributed by atoms with E-state index in [4.69, 9.17) is 9.05 Å². The highest BCUT2D eigenvalue weighted by molar-refractivity contribution is 7.45. The molecule has 0 spiro atoms. The molecule has 0 fully saturated rings. The fraction of sp³-hybridized carbons (Fsp3) is 0.980. The first-order chi connectivity index (χ1) is 28.5. The molecule has 0 saturated carbocycles. The summed E-state index contributed by atoms with van der Waals surface area (Å²) in [5.74, 6) is -0.166. The van der Waals surface area contributed by atoms with Crippen LogP contribution in [0.5, 0.6) is 0 Å². The van der Waals surface area contributed by atoms with Crippen LogP contribution >= 0.6 is 7.82 Å². The summed E-state index contributed by atoms with van der Waals surface area (Å²) in [6.07, 6.45) is 49.2. The molecule has 0 radical (unpaired) electrons. The zero-order valence-corrected chi connectivity index (χ0v) is 41.1. The van der Waals surface area contributed by atoms with E-state index >= 15 is 0 Å². The van der Waals surface area contributed by atoms with Crippen LogP contribution in [0.3, 0.4) is 0 Å². The van der Waals surface area contributed by atoms with Crippen molar-refractivity contribution in [2.24, 2.45) is 0 Å². The van der Waals surface area contributed by atoms with Crippen LogP contribution in [-0.2, 0) is 18.4 Å². The Morgan fingerprint density at radius 1 is 0.525 bits per heavy atom. The predicted octanol–water partition coefficient (Wildman–Crippen LogP) is 14.3. The average Bonchev–Trinajstić information content (AvgIpc) is 3.19. The van der Waals surface area contributed by atoms with E-state index in [-0.39, 0.29) is 19.1 Å². The third-order valence-corrected chi connectivity index (χ3v) is 13.1. The number of unbranched alkanes of at least 4 members (excludes halogenated alkanes) is 35. The lowest BCUT2D eigenvalue weighted by Crippen LogP contribution is -2.46. The first-order valence-corrected chi connectivity index (χ1v) is 27.3. The number of amides is 1. The molecule has 3 atom stereocenters. The van der Waals surface area contributed by atoms with Gasteiger partial charge in [0.2, 0.25) is 5.91 Å². The van der Waals surface area contributed by atoms with Gasteiger partial charge in [-0.3, -0.25) is 9.36 Å². The molecule has 0 saturated heterocycles. The van der Waals surface area contributed by atoms with Crippen molar-refractivity contribution in [3.05, 3.63) is 0 Å². The van der Waals surface area contributed by atoms with Gasteiger partial charge in [0.25, 0.3) is 7.82 Å². The number of nitrogens with zero attached hydrogens (tertiary/aromatic N) is 1. The third-order valence-electron chi connectivity index (χ3n) is 12.1.